The molecule has 0 aliphatic heterocycles. The van der Waals surface area contributed by atoms with Gasteiger partial charge in [-0.3, -0.25) is 4.79 Å². The first-order valence-electron chi connectivity index (χ1n) is 9.18. The number of benzene rings is 2. The van der Waals surface area contributed by atoms with E-state index in [1.54, 1.807) is 24.3 Å². The predicted octanol–water partition coefficient (Wildman–Crippen LogP) is 4.75. The van der Waals surface area contributed by atoms with Crippen LogP contribution < -0.4 is 10.1 Å². The topological polar surface area (TPSA) is 71.7 Å². The van der Waals surface area contributed by atoms with Crippen molar-refractivity contribution in [3.63, 3.8) is 0 Å². The molecule has 0 fully saturated rings. The molecule has 0 radical (unpaired) electrons. The van der Waals surface area contributed by atoms with E-state index in [1.165, 1.54) is 5.56 Å². The summed E-state index contributed by atoms with van der Waals surface area (Å²) in [5, 5.41) is 11.9. The second-order valence-electron chi connectivity index (χ2n) is 7.61. The molecule has 5 nitrogen and oxygen atoms in total. The molecule has 1 amide bonds. The molecule has 0 spiro atoms. The lowest BCUT2D eigenvalue weighted by Gasteiger charge is -2.19. The second-order valence-corrected chi connectivity index (χ2v) is 7.61. The number of nitrogens with one attached hydrogen (secondary N) is 1. The summed E-state index contributed by atoms with van der Waals surface area (Å²) in [5.74, 6) is 1.62. The standard InChI is InChI=1S/C23H25NO4/c1-23(2,3)17-6-10-19(11-7-17)27-15-22(26)24-18-8-4-16(5-9-18)21-13-12-20(14-25)28-21/h4-13,25H,14-15H2,1-3H3,(H,24,26). The van der Waals surface area contributed by atoms with E-state index in [4.69, 9.17) is 14.3 Å². The zero-order valence-corrected chi connectivity index (χ0v) is 16.4. The van der Waals surface area contributed by atoms with Crippen molar-refractivity contribution >= 4 is 11.6 Å². The molecule has 0 saturated heterocycles. The minimum Gasteiger partial charge on any atom is -0.484 e. The summed E-state index contributed by atoms with van der Waals surface area (Å²) >= 11 is 0. The minimum atomic E-state index is -0.229. The molecule has 0 aliphatic carbocycles. The molecular weight excluding hydrogens is 354 g/mol. The molecule has 0 aliphatic rings. The second kappa shape index (κ2) is 8.31. The van der Waals surface area contributed by atoms with Gasteiger partial charge in [-0.2, -0.15) is 0 Å². The maximum atomic E-state index is 12.1. The quantitative estimate of drug-likeness (QED) is 0.648. The first kappa shape index (κ1) is 19.7. The maximum Gasteiger partial charge on any atom is 0.262 e. The fourth-order valence-electron chi connectivity index (χ4n) is 2.73. The van der Waals surface area contributed by atoms with Gasteiger partial charge in [-0.25, -0.2) is 0 Å². The molecule has 2 N–H and O–H groups in total. The van der Waals surface area contributed by atoms with Crippen LogP contribution in [-0.2, 0) is 16.8 Å². The van der Waals surface area contributed by atoms with Crippen LogP contribution in [0.25, 0.3) is 11.3 Å². The van der Waals surface area contributed by atoms with Crippen LogP contribution in [0.4, 0.5) is 5.69 Å². The number of carbonyl (C=O) groups is 1. The number of aliphatic hydroxyl groups excluding tert-OH is 1. The normalized spacial score (nSPS) is 11.3. The summed E-state index contributed by atoms with van der Waals surface area (Å²) in [5.41, 5.74) is 2.84. The van der Waals surface area contributed by atoms with E-state index in [0.717, 1.165) is 5.56 Å². The van der Waals surface area contributed by atoms with Gasteiger partial charge in [0.15, 0.2) is 6.61 Å². The van der Waals surface area contributed by atoms with Gasteiger partial charge in [0.1, 0.15) is 23.9 Å². The average Bonchev–Trinajstić information content (AvgIpc) is 3.16. The molecule has 1 aromatic heterocycles. The molecule has 1 heterocycles. The number of hydrogen-bond donors (Lipinski definition) is 2. The van der Waals surface area contributed by atoms with Crippen molar-refractivity contribution < 1.29 is 19.1 Å². The van der Waals surface area contributed by atoms with Gasteiger partial charge in [0.25, 0.3) is 5.91 Å². The highest BCUT2D eigenvalue weighted by Crippen LogP contribution is 2.25. The van der Waals surface area contributed by atoms with Crippen LogP contribution >= 0.6 is 0 Å². The Hall–Kier alpha value is -3.05. The van der Waals surface area contributed by atoms with E-state index < -0.39 is 0 Å². The van der Waals surface area contributed by atoms with Crippen molar-refractivity contribution in [1.82, 2.24) is 0 Å². The van der Waals surface area contributed by atoms with E-state index in [-0.39, 0.29) is 24.5 Å². The van der Waals surface area contributed by atoms with Crippen LogP contribution in [-0.4, -0.2) is 17.6 Å². The van der Waals surface area contributed by atoms with Crippen molar-refractivity contribution in [2.75, 3.05) is 11.9 Å². The molecule has 5 heteroatoms. The third-order valence-electron chi connectivity index (χ3n) is 4.36. The van der Waals surface area contributed by atoms with Gasteiger partial charge >= 0.3 is 0 Å². The van der Waals surface area contributed by atoms with Gasteiger partial charge in [0.2, 0.25) is 0 Å². The van der Waals surface area contributed by atoms with Gasteiger partial charge in [-0.05, 0) is 59.5 Å². The molecule has 2 aromatic carbocycles. The highest BCUT2D eigenvalue weighted by atomic mass is 16.5. The predicted molar refractivity (Wildman–Crippen MR) is 109 cm³/mol. The number of rotatable bonds is 6. The lowest BCUT2D eigenvalue weighted by atomic mass is 9.87. The Balaban J connectivity index is 1.53. The Labute approximate surface area is 165 Å². The fourth-order valence-corrected chi connectivity index (χ4v) is 2.73. The molecule has 0 unspecified atom stereocenters. The number of furan rings is 1. The molecule has 28 heavy (non-hydrogen) atoms. The summed E-state index contributed by atoms with van der Waals surface area (Å²) in [6, 6.07) is 18.6. The van der Waals surface area contributed by atoms with Crippen molar-refractivity contribution in [1.29, 1.82) is 0 Å². The summed E-state index contributed by atoms with van der Waals surface area (Å²) in [4.78, 5) is 12.1. The minimum absolute atomic E-state index is 0.0609. The number of amides is 1. The van der Waals surface area contributed by atoms with E-state index >= 15 is 0 Å². The first-order valence-corrected chi connectivity index (χ1v) is 9.18. The summed E-state index contributed by atoms with van der Waals surface area (Å²) in [7, 11) is 0. The third-order valence-corrected chi connectivity index (χ3v) is 4.36. The fraction of sp³-hybridized carbons (Fsp3) is 0.261. The Kier molecular flexibility index (Phi) is 5.85. The van der Waals surface area contributed by atoms with E-state index in [9.17, 15) is 4.79 Å². The molecular formula is C23H25NO4. The molecule has 3 rings (SSSR count). The van der Waals surface area contributed by atoms with Gasteiger partial charge in [0.05, 0.1) is 0 Å². The van der Waals surface area contributed by atoms with E-state index in [1.807, 2.05) is 36.4 Å². The summed E-state index contributed by atoms with van der Waals surface area (Å²) in [6.07, 6.45) is 0. The van der Waals surface area contributed by atoms with Crippen LogP contribution in [0.5, 0.6) is 5.75 Å². The number of hydrogen-bond acceptors (Lipinski definition) is 4. The SMILES string of the molecule is CC(C)(C)c1ccc(OCC(=O)Nc2ccc(-c3ccc(CO)o3)cc2)cc1. The lowest BCUT2D eigenvalue weighted by molar-refractivity contribution is -0.118. The van der Waals surface area contributed by atoms with Crippen LogP contribution in [0.1, 0.15) is 32.1 Å². The van der Waals surface area contributed by atoms with Gasteiger partial charge in [-0.1, -0.05) is 32.9 Å². The summed E-state index contributed by atoms with van der Waals surface area (Å²) < 4.78 is 11.1. The average molecular weight is 379 g/mol. The summed E-state index contributed by atoms with van der Waals surface area (Å²) in [6.45, 7) is 6.26. The Morgan fingerprint density at radius 1 is 1.00 bits per heavy atom. The number of anilines is 1. The Bertz CT molecular complexity index is 918. The highest BCUT2D eigenvalue weighted by molar-refractivity contribution is 5.92. The zero-order valence-electron chi connectivity index (χ0n) is 16.4. The largest absolute Gasteiger partial charge is 0.484 e. The smallest absolute Gasteiger partial charge is 0.262 e. The van der Waals surface area contributed by atoms with Crippen molar-refractivity contribution in [2.45, 2.75) is 32.8 Å². The van der Waals surface area contributed by atoms with Crippen molar-refractivity contribution in [3.05, 3.63) is 72.0 Å². The molecule has 3 aromatic rings. The van der Waals surface area contributed by atoms with Crippen LogP contribution in [0, 0.1) is 0 Å². The van der Waals surface area contributed by atoms with Crippen molar-refractivity contribution in [3.8, 4) is 17.1 Å². The molecule has 146 valence electrons. The number of ether oxygens (including phenoxy) is 1. The molecule has 0 saturated carbocycles. The van der Waals surface area contributed by atoms with Crippen molar-refractivity contribution in [2.24, 2.45) is 0 Å². The number of carbonyl (C=O) groups excluding carboxylic acids is 1. The van der Waals surface area contributed by atoms with Crippen LogP contribution in [0.3, 0.4) is 0 Å². The van der Waals surface area contributed by atoms with E-state index in [2.05, 4.69) is 26.1 Å². The monoisotopic (exact) mass is 379 g/mol. The highest BCUT2D eigenvalue weighted by Gasteiger charge is 2.13. The van der Waals surface area contributed by atoms with Crippen LogP contribution in [0.2, 0.25) is 0 Å². The van der Waals surface area contributed by atoms with E-state index in [0.29, 0.717) is 23.0 Å². The van der Waals surface area contributed by atoms with Gasteiger partial charge < -0.3 is 19.6 Å². The van der Waals surface area contributed by atoms with Gasteiger partial charge in [-0.15, -0.1) is 0 Å². The first-order chi connectivity index (χ1) is 13.3. The van der Waals surface area contributed by atoms with Crippen LogP contribution in [0.15, 0.2) is 65.1 Å². The zero-order chi connectivity index (χ0) is 20.1. The number of aliphatic hydroxyl groups is 1. The Morgan fingerprint density at radius 3 is 2.25 bits per heavy atom. The molecule has 0 atom stereocenters. The maximum absolute atomic E-state index is 12.1. The molecule has 0 bridgehead atoms. The van der Waals surface area contributed by atoms with Gasteiger partial charge in [0, 0.05) is 11.3 Å². The lowest BCUT2D eigenvalue weighted by Crippen LogP contribution is -2.20. The third kappa shape index (κ3) is 5.02. The Morgan fingerprint density at radius 2 is 1.68 bits per heavy atom.